The van der Waals surface area contributed by atoms with Crippen LogP contribution in [0.25, 0.3) is 0 Å². The first-order valence-corrected chi connectivity index (χ1v) is 7.07. The molecule has 0 bridgehead atoms. The summed E-state index contributed by atoms with van der Waals surface area (Å²) in [6.07, 6.45) is 7.85. The Kier molecular flexibility index (Phi) is 5.26. The van der Waals surface area contributed by atoms with Gasteiger partial charge in [-0.15, -0.1) is 0 Å². The molecule has 0 aromatic carbocycles. The van der Waals surface area contributed by atoms with Crippen LogP contribution in [0.3, 0.4) is 0 Å². The Balaban J connectivity index is 1.49. The molecule has 1 amide bonds. The molecule has 0 unspecified atom stereocenters. The summed E-state index contributed by atoms with van der Waals surface area (Å²) in [5, 5.41) is 6.22. The van der Waals surface area contributed by atoms with Gasteiger partial charge in [0.05, 0.1) is 6.54 Å². The second kappa shape index (κ2) is 6.97. The summed E-state index contributed by atoms with van der Waals surface area (Å²) < 4.78 is 0. The highest BCUT2D eigenvalue weighted by Gasteiger charge is 2.20. The highest BCUT2D eigenvalue weighted by atomic mass is 16.1. The maximum absolute atomic E-state index is 11.5. The van der Waals surface area contributed by atoms with Crippen LogP contribution in [-0.2, 0) is 4.79 Å². The zero-order valence-corrected chi connectivity index (χ0v) is 10.7. The second-order valence-corrected chi connectivity index (χ2v) is 5.26. The molecule has 1 aliphatic carbocycles. The SMILES string of the molecule is O=C(CNC1CC1)NCCN1CCCCCC1. The van der Waals surface area contributed by atoms with Gasteiger partial charge in [-0.25, -0.2) is 0 Å². The zero-order chi connectivity index (χ0) is 11.9. The molecule has 2 rings (SSSR count). The number of carbonyl (C=O) groups is 1. The lowest BCUT2D eigenvalue weighted by atomic mass is 10.2. The fraction of sp³-hybridized carbons (Fsp3) is 0.923. The van der Waals surface area contributed by atoms with Crippen molar-refractivity contribution in [2.75, 3.05) is 32.7 Å². The van der Waals surface area contributed by atoms with E-state index in [2.05, 4.69) is 15.5 Å². The molecule has 0 radical (unpaired) electrons. The minimum atomic E-state index is 0.145. The summed E-state index contributed by atoms with van der Waals surface area (Å²) >= 11 is 0. The highest BCUT2D eigenvalue weighted by molar-refractivity contribution is 5.78. The largest absolute Gasteiger partial charge is 0.354 e. The first-order chi connectivity index (χ1) is 8.34. The monoisotopic (exact) mass is 239 g/mol. The van der Waals surface area contributed by atoms with Crippen molar-refractivity contribution in [3.63, 3.8) is 0 Å². The van der Waals surface area contributed by atoms with Crippen LogP contribution in [0.5, 0.6) is 0 Å². The molecule has 0 atom stereocenters. The van der Waals surface area contributed by atoms with Crippen molar-refractivity contribution in [2.24, 2.45) is 0 Å². The van der Waals surface area contributed by atoms with Crippen LogP contribution in [0.2, 0.25) is 0 Å². The van der Waals surface area contributed by atoms with Crippen LogP contribution < -0.4 is 10.6 Å². The van der Waals surface area contributed by atoms with Gasteiger partial charge in [-0.2, -0.15) is 0 Å². The average molecular weight is 239 g/mol. The van der Waals surface area contributed by atoms with E-state index >= 15 is 0 Å². The molecule has 1 saturated carbocycles. The van der Waals surface area contributed by atoms with Crippen LogP contribution in [0.1, 0.15) is 38.5 Å². The fourth-order valence-electron chi connectivity index (χ4n) is 2.30. The zero-order valence-electron chi connectivity index (χ0n) is 10.7. The van der Waals surface area contributed by atoms with Gasteiger partial charge in [-0.05, 0) is 38.8 Å². The van der Waals surface area contributed by atoms with Gasteiger partial charge in [0.15, 0.2) is 0 Å². The molecule has 2 aliphatic rings. The van der Waals surface area contributed by atoms with Crippen molar-refractivity contribution >= 4 is 5.91 Å². The molecule has 2 N–H and O–H groups in total. The van der Waals surface area contributed by atoms with E-state index in [1.807, 2.05) is 0 Å². The Morgan fingerprint density at radius 2 is 1.82 bits per heavy atom. The van der Waals surface area contributed by atoms with Gasteiger partial charge in [0.25, 0.3) is 0 Å². The van der Waals surface area contributed by atoms with Gasteiger partial charge in [-0.1, -0.05) is 12.8 Å². The molecule has 1 aliphatic heterocycles. The van der Waals surface area contributed by atoms with Crippen LogP contribution >= 0.6 is 0 Å². The number of likely N-dealkylation sites (tertiary alicyclic amines) is 1. The number of rotatable bonds is 6. The molecule has 98 valence electrons. The second-order valence-electron chi connectivity index (χ2n) is 5.26. The van der Waals surface area contributed by atoms with Gasteiger partial charge < -0.3 is 15.5 Å². The number of hydrogen-bond acceptors (Lipinski definition) is 3. The Labute approximate surface area is 104 Å². The molecule has 0 spiro atoms. The predicted molar refractivity (Wildman–Crippen MR) is 68.9 cm³/mol. The molecular weight excluding hydrogens is 214 g/mol. The van der Waals surface area contributed by atoms with E-state index in [9.17, 15) is 4.79 Å². The van der Waals surface area contributed by atoms with Crippen molar-refractivity contribution in [3.8, 4) is 0 Å². The van der Waals surface area contributed by atoms with E-state index < -0.39 is 0 Å². The van der Waals surface area contributed by atoms with E-state index in [4.69, 9.17) is 0 Å². The van der Waals surface area contributed by atoms with E-state index in [-0.39, 0.29) is 5.91 Å². The molecule has 2 fully saturated rings. The quantitative estimate of drug-likeness (QED) is 0.718. The van der Waals surface area contributed by atoms with Gasteiger partial charge in [-0.3, -0.25) is 4.79 Å². The van der Waals surface area contributed by atoms with Crippen molar-refractivity contribution in [2.45, 2.75) is 44.6 Å². The lowest BCUT2D eigenvalue weighted by Gasteiger charge is -2.19. The van der Waals surface area contributed by atoms with Crippen LogP contribution in [0.15, 0.2) is 0 Å². The predicted octanol–water partition coefficient (Wildman–Crippen LogP) is 0.731. The molecule has 1 saturated heterocycles. The van der Waals surface area contributed by atoms with Crippen molar-refractivity contribution < 1.29 is 4.79 Å². The van der Waals surface area contributed by atoms with Crippen LogP contribution in [0.4, 0.5) is 0 Å². The molecule has 1 heterocycles. The summed E-state index contributed by atoms with van der Waals surface area (Å²) in [6, 6.07) is 0.617. The van der Waals surface area contributed by atoms with Crippen molar-refractivity contribution in [1.29, 1.82) is 0 Å². The lowest BCUT2D eigenvalue weighted by molar-refractivity contribution is -0.120. The third-order valence-electron chi connectivity index (χ3n) is 3.58. The maximum Gasteiger partial charge on any atom is 0.234 e. The Morgan fingerprint density at radius 3 is 2.47 bits per heavy atom. The molecule has 0 aromatic rings. The first kappa shape index (κ1) is 12.8. The average Bonchev–Trinajstić information content (AvgIpc) is 3.14. The molecule has 4 nitrogen and oxygen atoms in total. The van der Waals surface area contributed by atoms with E-state index in [0.29, 0.717) is 12.6 Å². The third kappa shape index (κ3) is 5.50. The highest BCUT2D eigenvalue weighted by Crippen LogP contribution is 2.17. The Bertz CT molecular complexity index is 233. The first-order valence-electron chi connectivity index (χ1n) is 7.07. The Morgan fingerprint density at radius 1 is 1.12 bits per heavy atom. The van der Waals surface area contributed by atoms with Gasteiger partial charge in [0.2, 0.25) is 5.91 Å². The molecular formula is C13H25N3O. The summed E-state index contributed by atoms with van der Waals surface area (Å²) in [7, 11) is 0. The molecule has 0 aromatic heterocycles. The fourth-order valence-corrected chi connectivity index (χ4v) is 2.30. The number of nitrogens with one attached hydrogen (secondary N) is 2. The summed E-state index contributed by atoms with van der Waals surface area (Å²) in [6.45, 7) is 4.71. The van der Waals surface area contributed by atoms with Crippen LogP contribution in [0, 0.1) is 0 Å². The normalized spacial score (nSPS) is 22.1. The lowest BCUT2D eigenvalue weighted by Crippen LogP contribution is -2.39. The van der Waals surface area contributed by atoms with E-state index in [1.165, 1.54) is 51.6 Å². The number of nitrogens with zero attached hydrogens (tertiary/aromatic N) is 1. The van der Waals surface area contributed by atoms with Crippen molar-refractivity contribution in [1.82, 2.24) is 15.5 Å². The third-order valence-corrected chi connectivity index (χ3v) is 3.58. The molecule has 17 heavy (non-hydrogen) atoms. The standard InChI is InChI=1S/C13H25N3O/c17-13(11-15-12-5-6-12)14-7-10-16-8-3-1-2-4-9-16/h12,15H,1-11H2,(H,14,17). The van der Waals surface area contributed by atoms with E-state index in [1.54, 1.807) is 0 Å². The number of hydrogen-bond donors (Lipinski definition) is 2. The minimum Gasteiger partial charge on any atom is -0.354 e. The van der Waals surface area contributed by atoms with Crippen molar-refractivity contribution in [3.05, 3.63) is 0 Å². The Hall–Kier alpha value is -0.610. The van der Waals surface area contributed by atoms with Gasteiger partial charge in [0.1, 0.15) is 0 Å². The number of amides is 1. The summed E-state index contributed by atoms with van der Waals surface area (Å²) in [5.41, 5.74) is 0. The maximum atomic E-state index is 11.5. The minimum absolute atomic E-state index is 0.145. The topological polar surface area (TPSA) is 44.4 Å². The van der Waals surface area contributed by atoms with Crippen LogP contribution in [-0.4, -0.2) is 49.6 Å². The summed E-state index contributed by atoms with van der Waals surface area (Å²) in [5.74, 6) is 0.145. The van der Waals surface area contributed by atoms with Gasteiger partial charge in [0, 0.05) is 19.1 Å². The smallest absolute Gasteiger partial charge is 0.234 e. The molecule has 4 heteroatoms. The van der Waals surface area contributed by atoms with E-state index in [0.717, 1.165) is 13.1 Å². The van der Waals surface area contributed by atoms with Gasteiger partial charge >= 0.3 is 0 Å². The summed E-state index contributed by atoms with van der Waals surface area (Å²) in [4.78, 5) is 14.0. The number of carbonyl (C=O) groups excluding carboxylic acids is 1.